The molecule has 1 fully saturated rings. The zero-order valence-electron chi connectivity index (χ0n) is 13.5. The average Bonchev–Trinajstić information content (AvgIpc) is 2.45. The fraction of sp³-hybridized carbons (Fsp3) is 0.875. The Kier molecular flexibility index (Phi) is 7.72. The fourth-order valence-electron chi connectivity index (χ4n) is 3.07. The summed E-state index contributed by atoms with van der Waals surface area (Å²) in [7, 11) is 0. The summed E-state index contributed by atoms with van der Waals surface area (Å²) in [6.45, 7) is 6.55. The van der Waals surface area contributed by atoms with Crippen molar-refractivity contribution in [2.45, 2.75) is 71.4 Å². The summed E-state index contributed by atoms with van der Waals surface area (Å²) < 4.78 is 0. The van der Waals surface area contributed by atoms with E-state index in [9.17, 15) is 14.7 Å². The first-order valence-corrected chi connectivity index (χ1v) is 8.22. The molecule has 0 bridgehead atoms. The second kappa shape index (κ2) is 9.03. The molecule has 122 valence electrons. The largest absolute Gasteiger partial charge is 0.481 e. The number of rotatable bonds is 8. The molecule has 0 heterocycles. The van der Waals surface area contributed by atoms with E-state index in [1.165, 1.54) is 0 Å². The van der Waals surface area contributed by atoms with Crippen molar-refractivity contribution in [2.75, 3.05) is 6.54 Å². The van der Waals surface area contributed by atoms with E-state index in [0.29, 0.717) is 6.54 Å². The van der Waals surface area contributed by atoms with Gasteiger partial charge < -0.3 is 15.7 Å². The molecule has 4 atom stereocenters. The summed E-state index contributed by atoms with van der Waals surface area (Å²) in [5.74, 6) is -0.825. The van der Waals surface area contributed by atoms with E-state index in [1.807, 2.05) is 13.8 Å². The molecule has 0 aliphatic heterocycles. The molecular formula is C16H30N2O3. The van der Waals surface area contributed by atoms with Gasteiger partial charge in [0.25, 0.3) is 0 Å². The first-order valence-electron chi connectivity index (χ1n) is 8.22. The standard InChI is InChI=1S/C16H30N2O3/c1-4-7-11(2)18-15(19)12(3)17-10-13-8-5-6-9-14(13)16(20)21/h11-14,17H,4-10H2,1-3H3,(H,18,19)(H,20,21). The van der Waals surface area contributed by atoms with Crippen LogP contribution in [0, 0.1) is 11.8 Å². The zero-order chi connectivity index (χ0) is 15.8. The minimum Gasteiger partial charge on any atom is -0.481 e. The van der Waals surface area contributed by atoms with Crippen LogP contribution in [0.5, 0.6) is 0 Å². The van der Waals surface area contributed by atoms with Gasteiger partial charge in [-0.05, 0) is 45.6 Å². The van der Waals surface area contributed by atoms with Gasteiger partial charge in [0.1, 0.15) is 0 Å². The van der Waals surface area contributed by atoms with Crippen molar-refractivity contribution in [2.24, 2.45) is 11.8 Å². The van der Waals surface area contributed by atoms with Gasteiger partial charge in [-0.1, -0.05) is 26.2 Å². The Morgan fingerprint density at radius 2 is 1.90 bits per heavy atom. The van der Waals surface area contributed by atoms with Crippen LogP contribution >= 0.6 is 0 Å². The van der Waals surface area contributed by atoms with Crippen LogP contribution in [-0.2, 0) is 9.59 Å². The molecule has 1 rings (SSSR count). The van der Waals surface area contributed by atoms with Gasteiger partial charge in [-0.3, -0.25) is 9.59 Å². The number of hydrogen-bond donors (Lipinski definition) is 3. The minimum absolute atomic E-state index is 0.00126. The van der Waals surface area contributed by atoms with E-state index in [0.717, 1.165) is 38.5 Å². The SMILES string of the molecule is CCCC(C)NC(=O)C(C)NCC1CCCCC1C(=O)O. The Balaban J connectivity index is 2.38. The van der Waals surface area contributed by atoms with Gasteiger partial charge in [0.2, 0.25) is 5.91 Å². The molecule has 0 aromatic carbocycles. The lowest BCUT2D eigenvalue weighted by molar-refractivity contribution is -0.144. The van der Waals surface area contributed by atoms with Gasteiger partial charge in [0.15, 0.2) is 0 Å². The maximum absolute atomic E-state index is 12.0. The molecule has 1 aliphatic carbocycles. The summed E-state index contributed by atoms with van der Waals surface area (Å²) in [4.78, 5) is 23.3. The van der Waals surface area contributed by atoms with E-state index in [-0.39, 0.29) is 29.8 Å². The van der Waals surface area contributed by atoms with Gasteiger partial charge in [-0.25, -0.2) is 0 Å². The predicted octanol–water partition coefficient (Wildman–Crippen LogP) is 2.16. The van der Waals surface area contributed by atoms with Crippen molar-refractivity contribution in [3.8, 4) is 0 Å². The van der Waals surface area contributed by atoms with Gasteiger partial charge in [0.05, 0.1) is 12.0 Å². The summed E-state index contributed by atoms with van der Waals surface area (Å²) in [6.07, 6.45) is 5.80. The third kappa shape index (κ3) is 6.04. The van der Waals surface area contributed by atoms with Crippen LogP contribution in [0.15, 0.2) is 0 Å². The third-order valence-corrected chi connectivity index (χ3v) is 4.42. The highest BCUT2D eigenvalue weighted by Gasteiger charge is 2.31. The van der Waals surface area contributed by atoms with Crippen LogP contribution in [-0.4, -0.2) is 35.6 Å². The molecule has 21 heavy (non-hydrogen) atoms. The first kappa shape index (κ1) is 18.0. The van der Waals surface area contributed by atoms with Crippen LogP contribution in [0.2, 0.25) is 0 Å². The molecule has 5 heteroatoms. The number of carbonyl (C=O) groups is 2. The highest BCUT2D eigenvalue weighted by molar-refractivity contribution is 5.81. The van der Waals surface area contributed by atoms with Crippen LogP contribution < -0.4 is 10.6 Å². The van der Waals surface area contributed by atoms with Gasteiger partial charge in [0, 0.05) is 6.04 Å². The van der Waals surface area contributed by atoms with Crippen molar-refractivity contribution in [3.63, 3.8) is 0 Å². The molecule has 0 saturated heterocycles. The van der Waals surface area contributed by atoms with Gasteiger partial charge >= 0.3 is 5.97 Å². The van der Waals surface area contributed by atoms with Crippen molar-refractivity contribution >= 4 is 11.9 Å². The van der Waals surface area contributed by atoms with Crippen molar-refractivity contribution in [3.05, 3.63) is 0 Å². The van der Waals surface area contributed by atoms with Crippen LogP contribution in [0.3, 0.4) is 0 Å². The summed E-state index contributed by atoms with van der Waals surface area (Å²) >= 11 is 0. The molecule has 0 spiro atoms. The first-order chi connectivity index (χ1) is 9.95. The Morgan fingerprint density at radius 3 is 2.52 bits per heavy atom. The average molecular weight is 298 g/mol. The number of nitrogens with one attached hydrogen (secondary N) is 2. The quantitative estimate of drug-likeness (QED) is 0.641. The monoisotopic (exact) mass is 298 g/mol. The lowest BCUT2D eigenvalue weighted by atomic mass is 9.79. The van der Waals surface area contributed by atoms with Crippen LogP contribution in [0.4, 0.5) is 0 Å². The molecule has 1 saturated carbocycles. The normalized spacial score (nSPS) is 25.1. The zero-order valence-corrected chi connectivity index (χ0v) is 13.5. The number of carbonyl (C=O) groups excluding carboxylic acids is 1. The van der Waals surface area contributed by atoms with E-state index < -0.39 is 5.97 Å². The topological polar surface area (TPSA) is 78.4 Å². The Bertz CT molecular complexity index is 346. The number of amides is 1. The molecule has 1 aliphatic rings. The van der Waals surface area contributed by atoms with Crippen LogP contribution in [0.1, 0.15) is 59.3 Å². The molecule has 4 unspecified atom stereocenters. The van der Waals surface area contributed by atoms with Crippen LogP contribution in [0.25, 0.3) is 0 Å². The van der Waals surface area contributed by atoms with E-state index in [2.05, 4.69) is 17.6 Å². The molecule has 0 radical (unpaired) electrons. The molecule has 3 N–H and O–H groups in total. The van der Waals surface area contributed by atoms with Crippen molar-refractivity contribution in [1.29, 1.82) is 0 Å². The third-order valence-electron chi connectivity index (χ3n) is 4.42. The number of aliphatic carboxylic acids is 1. The Morgan fingerprint density at radius 1 is 1.24 bits per heavy atom. The van der Waals surface area contributed by atoms with E-state index >= 15 is 0 Å². The second-order valence-corrected chi connectivity index (χ2v) is 6.32. The van der Waals surface area contributed by atoms with E-state index in [1.54, 1.807) is 0 Å². The highest BCUT2D eigenvalue weighted by Crippen LogP contribution is 2.29. The maximum atomic E-state index is 12.0. The van der Waals surface area contributed by atoms with Gasteiger partial charge in [-0.2, -0.15) is 0 Å². The predicted molar refractivity (Wildman–Crippen MR) is 83.1 cm³/mol. The lowest BCUT2D eigenvalue weighted by Gasteiger charge is -2.29. The van der Waals surface area contributed by atoms with Gasteiger partial charge in [-0.15, -0.1) is 0 Å². The fourth-order valence-corrected chi connectivity index (χ4v) is 3.07. The minimum atomic E-state index is -0.699. The summed E-state index contributed by atoms with van der Waals surface area (Å²) in [5, 5.41) is 15.4. The van der Waals surface area contributed by atoms with Crippen molar-refractivity contribution in [1.82, 2.24) is 10.6 Å². The number of hydrogen-bond acceptors (Lipinski definition) is 3. The second-order valence-electron chi connectivity index (χ2n) is 6.32. The Labute approximate surface area is 127 Å². The molecule has 1 amide bonds. The maximum Gasteiger partial charge on any atom is 0.306 e. The Hall–Kier alpha value is -1.10. The highest BCUT2D eigenvalue weighted by atomic mass is 16.4. The molecular weight excluding hydrogens is 268 g/mol. The van der Waals surface area contributed by atoms with Crippen molar-refractivity contribution < 1.29 is 14.7 Å². The lowest BCUT2D eigenvalue weighted by Crippen LogP contribution is -2.47. The number of carboxylic acids is 1. The summed E-state index contributed by atoms with van der Waals surface area (Å²) in [6, 6.07) is -0.0890. The summed E-state index contributed by atoms with van der Waals surface area (Å²) in [5.41, 5.74) is 0. The number of carboxylic acid groups (broad SMARTS) is 1. The molecule has 0 aromatic rings. The van der Waals surface area contributed by atoms with E-state index in [4.69, 9.17) is 0 Å². The smallest absolute Gasteiger partial charge is 0.306 e. The molecule has 0 aromatic heterocycles. The molecule has 5 nitrogen and oxygen atoms in total.